The van der Waals surface area contributed by atoms with Gasteiger partial charge in [-0.15, -0.1) is 0 Å². The summed E-state index contributed by atoms with van der Waals surface area (Å²) >= 11 is 6.03. The number of benzene rings is 2. The van der Waals surface area contributed by atoms with Crippen molar-refractivity contribution in [3.8, 4) is 11.5 Å². The average Bonchev–Trinajstić information content (AvgIpc) is 2.42. The molecular formula is C16H16ClFO2. The standard InChI is InChI=1S/C16H16ClFO2/c1-3-11-8-13(5-6-14(11)17)20-16-7-4-12(10(2)19)9-15(16)18/h4-10,19H,3H2,1-2H3/t10-/m1/s1. The molecule has 0 aliphatic rings. The lowest BCUT2D eigenvalue weighted by molar-refractivity contribution is 0.198. The van der Waals surface area contributed by atoms with Gasteiger partial charge in [0.1, 0.15) is 5.75 Å². The first-order valence-electron chi connectivity index (χ1n) is 6.45. The van der Waals surface area contributed by atoms with Gasteiger partial charge >= 0.3 is 0 Å². The van der Waals surface area contributed by atoms with E-state index in [-0.39, 0.29) is 5.75 Å². The number of aryl methyl sites for hydroxylation is 1. The smallest absolute Gasteiger partial charge is 0.166 e. The quantitative estimate of drug-likeness (QED) is 0.870. The summed E-state index contributed by atoms with van der Waals surface area (Å²) in [6.45, 7) is 3.57. The third-order valence-corrected chi connectivity index (χ3v) is 3.43. The summed E-state index contributed by atoms with van der Waals surface area (Å²) in [5.74, 6) is 0.158. The first-order valence-corrected chi connectivity index (χ1v) is 6.83. The number of aliphatic hydroxyl groups excluding tert-OH is 1. The third-order valence-electron chi connectivity index (χ3n) is 3.06. The zero-order valence-corrected chi connectivity index (χ0v) is 12.1. The van der Waals surface area contributed by atoms with E-state index in [1.165, 1.54) is 12.1 Å². The van der Waals surface area contributed by atoms with E-state index in [2.05, 4.69) is 0 Å². The van der Waals surface area contributed by atoms with Gasteiger partial charge in [0.25, 0.3) is 0 Å². The Balaban J connectivity index is 2.26. The van der Waals surface area contributed by atoms with Crippen molar-refractivity contribution in [2.24, 2.45) is 0 Å². The molecule has 0 unspecified atom stereocenters. The third kappa shape index (κ3) is 3.30. The molecule has 0 amide bonds. The van der Waals surface area contributed by atoms with E-state index in [0.717, 1.165) is 12.0 Å². The van der Waals surface area contributed by atoms with Gasteiger partial charge in [0, 0.05) is 5.02 Å². The Bertz CT molecular complexity index is 611. The van der Waals surface area contributed by atoms with Crippen molar-refractivity contribution in [3.63, 3.8) is 0 Å². The predicted molar refractivity (Wildman–Crippen MR) is 77.9 cm³/mol. The summed E-state index contributed by atoms with van der Waals surface area (Å²) in [5, 5.41) is 10.1. The Labute approximate surface area is 122 Å². The molecule has 0 spiro atoms. The molecule has 2 nitrogen and oxygen atoms in total. The van der Waals surface area contributed by atoms with Gasteiger partial charge in [-0.25, -0.2) is 4.39 Å². The lowest BCUT2D eigenvalue weighted by atomic mass is 10.1. The van der Waals surface area contributed by atoms with E-state index in [1.54, 1.807) is 31.2 Å². The molecule has 1 atom stereocenters. The number of hydrogen-bond donors (Lipinski definition) is 1. The number of halogens is 2. The maximum Gasteiger partial charge on any atom is 0.166 e. The maximum absolute atomic E-state index is 13.9. The minimum Gasteiger partial charge on any atom is -0.454 e. The Hall–Kier alpha value is -1.58. The first kappa shape index (κ1) is 14.8. The van der Waals surface area contributed by atoms with E-state index < -0.39 is 11.9 Å². The van der Waals surface area contributed by atoms with Crippen molar-refractivity contribution in [3.05, 3.63) is 58.4 Å². The summed E-state index contributed by atoms with van der Waals surface area (Å²) in [7, 11) is 0. The molecule has 0 aliphatic carbocycles. The van der Waals surface area contributed by atoms with Crippen LogP contribution in [-0.2, 0) is 6.42 Å². The Morgan fingerprint density at radius 3 is 2.60 bits per heavy atom. The molecule has 0 fully saturated rings. The highest BCUT2D eigenvalue weighted by molar-refractivity contribution is 6.31. The highest BCUT2D eigenvalue weighted by Gasteiger charge is 2.09. The first-order chi connectivity index (χ1) is 9.51. The Morgan fingerprint density at radius 2 is 2.00 bits per heavy atom. The van der Waals surface area contributed by atoms with Crippen molar-refractivity contribution in [2.45, 2.75) is 26.4 Å². The largest absolute Gasteiger partial charge is 0.454 e. The molecule has 0 bridgehead atoms. The van der Waals surface area contributed by atoms with E-state index in [1.807, 2.05) is 6.92 Å². The molecule has 0 aliphatic heterocycles. The highest BCUT2D eigenvalue weighted by atomic mass is 35.5. The van der Waals surface area contributed by atoms with Gasteiger partial charge in [-0.2, -0.15) is 0 Å². The molecule has 0 heterocycles. The topological polar surface area (TPSA) is 29.5 Å². The Kier molecular flexibility index (Phi) is 4.63. The molecule has 0 saturated heterocycles. The summed E-state index contributed by atoms with van der Waals surface area (Å²) in [6.07, 6.45) is 0.0696. The second-order valence-electron chi connectivity index (χ2n) is 4.57. The van der Waals surface area contributed by atoms with Crippen molar-refractivity contribution >= 4 is 11.6 Å². The van der Waals surface area contributed by atoms with Crippen molar-refractivity contribution in [2.75, 3.05) is 0 Å². The van der Waals surface area contributed by atoms with E-state index >= 15 is 0 Å². The molecule has 2 rings (SSSR count). The van der Waals surface area contributed by atoms with Crippen LogP contribution in [0.4, 0.5) is 4.39 Å². The number of hydrogen-bond acceptors (Lipinski definition) is 2. The van der Waals surface area contributed by atoms with Gasteiger partial charge in [0.2, 0.25) is 0 Å². The van der Waals surface area contributed by atoms with Crippen LogP contribution in [0, 0.1) is 5.82 Å². The molecule has 0 saturated carbocycles. The van der Waals surface area contributed by atoms with Gasteiger partial charge in [0.15, 0.2) is 11.6 Å². The van der Waals surface area contributed by atoms with Crippen LogP contribution in [0.3, 0.4) is 0 Å². The van der Waals surface area contributed by atoms with Gasteiger partial charge in [-0.1, -0.05) is 24.6 Å². The predicted octanol–water partition coefficient (Wildman–Crippen LogP) is 4.89. The van der Waals surface area contributed by atoms with Crippen LogP contribution in [0.25, 0.3) is 0 Å². The van der Waals surface area contributed by atoms with Crippen LogP contribution in [-0.4, -0.2) is 5.11 Å². The normalized spacial score (nSPS) is 12.2. The second kappa shape index (κ2) is 6.25. The molecule has 4 heteroatoms. The lowest BCUT2D eigenvalue weighted by Gasteiger charge is -2.11. The molecule has 0 aromatic heterocycles. The molecular weight excluding hydrogens is 279 g/mol. The fourth-order valence-corrected chi connectivity index (χ4v) is 2.12. The van der Waals surface area contributed by atoms with E-state index in [0.29, 0.717) is 16.3 Å². The number of rotatable bonds is 4. The van der Waals surface area contributed by atoms with Gasteiger partial charge in [-0.3, -0.25) is 0 Å². The van der Waals surface area contributed by atoms with Crippen LogP contribution in [0.5, 0.6) is 11.5 Å². The van der Waals surface area contributed by atoms with Crippen molar-refractivity contribution in [1.29, 1.82) is 0 Å². The zero-order chi connectivity index (χ0) is 14.7. The van der Waals surface area contributed by atoms with Crippen LogP contribution in [0.15, 0.2) is 36.4 Å². The van der Waals surface area contributed by atoms with E-state index in [9.17, 15) is 9.50 Å². The fraction of sp³-hybridized carbons (Fsp3) is 0.250. The van der Waals surface area contributed by atoms with Crippen molar-refractivity contribution < 1.29 is 14.2 Å². The summed E-state index contributed by atoms with van der Waals surface area (Å²) < 4.78 is 19.4. The second-order valence-corrected chi connectivity index (χ2v) is 4.98. The minimum atomic E-state index is -0.708. The van der Waals surface area contributed by atoms with Gasteiger partial charge in [0.05, 0.1) is 6.10 Å². The summed E-state index contributed by atoms with van der Waals surface area (Å²) in [5.41, 5.74) is 1.46. The lowest BCUT2D eigenvalue weighted by Crippen LogP contribution is -1.95. The molecule has 2 aromatic rings. The number of ether oxygens (including phenoxy) is 1. The molecule has 1 N–H and O–H groups in total. The summed E-state index contributed by atoms with van der Waals surface area (Å²) in [4.78, 5) is 0. The van der Waals surface area contributed by atoms with Crippen LogP contribution < -0.4 is 4.74 Å². The molecule has 2 aromatic carbocycles. The molecule has 0 radical (unpaired) electrons. The van der Waals surface area contributed by atoms with Crippen LogP contribution in [0.2, 0.25) is 5.02 Å². The SMILES string of the molecule is CCc1cc(Oc2ccc([C@@H](C)O)cc2F)ccc1Cl. The van der Waals surface area contributed by atoms with Gasteiger partial charge < -0.3 is 9.84 Å². The van der Waals surface area contributed by atoms with Crippen LogP contribution >= 0.6 is 11.6 Å². The Morgan fingerprint density at radius 1 is 1.25 bits per heavy atom. The highest BCUT2D eigenvalue weighted by Crippen LogP contribution is 2.29. The zero-order valence-electron chi connectivity index (χ0n) is 11.4. The number of aliphatic hydroxyl groups is 1. The summed E-state index contributed by atoms with van der Waals surface area (Å²) in [6, 6.07) is 9.65. The molecule has 106 valence electrons. The van der Waals surface area contributed by atoms with Crippen molar-refractivity contribution in [1.82, 2.24) is 0 Å². The monoisotopic (exact) mass is 294 g/mol. The minimum absolute atomic E-state index is 0.124. The fourth-order valence-electron chi connectivity index (χ4n) is 1.87. The average molecular weight is 295 g/mol. The van der Waals surface area contributed by atoms with E-state index in [4.69, 9.17) is 16.3 Å². The maximum atomic E-state index is 13.9. The van der Waals surface area contributed by atoms with Gasteiger partial charge in [-0.05, 0) is 54.8 Å². The van der Waals surface area contributed by atoms with Crippen LogP contribution in [0.1, 0.15) is 31.1 Å². The molecule has 20 heavy (non-hydrogen) atoms.